The van der Waals surface area contributed by atoms with E-state index >= 15 is 0 Å². The number of morpholine rings is 1. The molecule has 1 fully saturated rings. The molecule has 3 aromatic carbocycles. The maximum atomic E-state index is 14.3. The van der Waals surface area contributed by atoms with Crippen LogP contribution in [0, 0.1) is 0 Å². The number of hydrogen-bond acceptors (Lipinski definition) is 4. The zero-order valence-electron chi connectivity index (χ0n) is 18.0. The van der Waals surface area contributed by atoms with Crippen molar-refractivity contribution in [2.24, 2.45) is 0 Å². The quantitative estimate of drug-likeness (QED) is 0.396. The highest BCUT2D eigenvalue weighted by molar-refractivity contribution is 7.98. The van der Waals surface area contributed by atoms with Gasteiger partial charge in [-0.1, -0.05) is 60.7 Å². The molecule has 31 heavy (non-hydrogen) atoms. The molecule has 3 aromatic rings. The van der Waals surface area contributed by atoms with Crippen molar-refractivity contribution in [1.29, 1.82) is 0 Å². The molecule has 0 aromatic heterocycles. The Kier molecular flexibility index (Phi) is 5.47. The molecular formula is C27H27NO2S. The lowest BCUT2D eigenvalue weighted by atomic mass is 9.73. The average Bonchev–Trinajstić information content (AvgIpc) is 3.19. The summed E-state index contributed by atoms with van der Waals surface area (Å²) in [6, 6.07) is 25.2. The number of nitrogens with zero attached hydrogens (tertiary/aromatic N) is 1. The fourth-order valence-corrected chi connectivity index (χ4v) is 5.69. The van der Waals surface area contributed by atoms with Crippen LogP contribution in [0.25, 0.3) is 11.1 Å². The zero-order valence-corrected chi connectivity index (χ0v) is 18.8. The molecule has 0 spiro atoms. The van der Waals surface area contributed by atoms with Gasteiger partial charge in [0.25, 0.3) is 0 Å². The van der Waals surface area contributed by atoms with Gasteiger partial charge in [0.05, 0.1) is 18.8 Å². The van der Waals surface area contributed by atoms with E-state index in [2.05, 4.69) is 66.6 Å². The van der Waals surface area contributed by atoms with Crippen LogP contribution in [0.15, 0.2) is 77.7 Å². The summed E-state index contributed by atoms with van der Waals surface area (Å²) in [5.74, 6) is 0.157. The van der Waals surface area contributed by atoms with Gasteiger partial charge in [-0.05, 0) is 47.6 Å². The third-order valence-electron chi connectivity index (χ3n) is 6.88. The third-order valence-corrected chi connectivity index (χ3v) is 7.62. The highest BCUT2D eigenvalue weighted by Gasteiger charge is 2.51. The van der Waals surface area contributed by atoms with E-state index in [-0.39, 0.29) is 11.7 Å². The first-order valence-electron chi connectivity index (χ1n) is 10.8. The van der Waals surface area contributed by atoms with Crippen LogP contribution in [0.4, 0.5) is 0 Å². The van der Waals surface area contributed by atoms with Crippen molar-refractivity contribution < 1.29 is 9.53 Å². The van der Waals surface area contributed by atoms with Crippen LogP contribution in [0.5, 0.6) is 0 Å². The lowest BCUT2D eigenvalue weighted by Gasteiger charge is -2.46. The molecule has 0 N–H and O–H groups in total. The van der Waals surface area contributed by atoms with Crippen LogP contribution in [0.1, 0.15) is 34.3 Å². The Hall–Kier alpha value is -2.40. The Morgan fingerprint density at radius 3 is 2.00 bits per heavy atom. The summed E-state index contributed by atoms with van der Waals surface area (Å²) in [5, 5.41) is 0. The maximum Gasteiger partial charge on any atom is 0.183 e. The average molecular weight is 430 g/mol. The van der Waals surface area contributed by atoms with Crippen molar-refractivity contribution in [3.63, 3.8) is 0 Å². The number of carbonyl (C=O) groups excluding carboxylic acids is 1. The van der Waals surface area contributed by atoms with E-state index < -0.39 is 5.54 Å². The van der Waals surface area contributed by atoms with Gasteiger partial charge in [0, 0.05) is 29.5 Å². The van der Waals surface area contributed by atoms with Crippen LogP contribution in [-0.4, -0.2) is 48.8 Å². The number of ketones is 1. The van der Waals surface area contributed by atoms with Crippen molar-refractivity contribution in [3.8, 4) is 11.1 Å². The summed E-state index contributed by atoms with van der Waals surface area (Å²) in [5.41, 5.74) is 5.04. The van der Waals surface area contributed by atoms with Gasteiger partial charge in [-0.25, -0.2) is 0 Å². The lowest BCUT2D eigenvalue weighted by molar-refractivity contribution is -0.0140. The largest absolute Gasteiger partial charge is 0.379 e. The monoisotopic (exact) mass is 429 g/mol. The van der Waals surface area contributed by atoms with Gasteiger partial charge in [-0.15, -0.1) is 11.8 Å². The van der Waals surface area contributed by atoms with Crippen LogP contribution in [-0.2, 0) is 4.74 Å². The molecule has 5 rings (SSSR count). The Balaban J connectivity index is 1.68. The summed E-state index contributed by atoms with van der Waals surface area (Å²) >= 11 is 1.69. The molecule has 4 heteroatoms. The molecule has 2 aliphatic rings. The molecule has 1 unspecified atom stereocenters. The lowest BCUT2D eigenvalue weighted by Crippen LogP contribution is -2.59. The molecule has 1 saturated heterocycles. The number of thioether (sulfide) groups is 1. The number of ether oxygens (including phenoxy) is 1. The number of Topliss-reactive ketones (excluding diaryl/α,β-unsaturated/α-hetero) is 1. The van der Waals surface area contributed by atoms with E-state index in [9.17, 15) is 4.79 Å². The predicted molar refractivity (Wildman–Crippen MR) is 127 cm³/mol. The normalized spacial score (nSPS) is 18.3. The number of carbonyl (C=O) groups is 1. The Morgan fingerprint density at radius 2 is 1.45 bits per heavy atom. The SMILES string of the molecule is CSc1ccc(C(=O)C(C)(C2c3ccccc3-c3ccccc32)N2CCOCC2)cc1. The van der Waals surface area contributed by atoms with Crippen molar-refractivity contribution in [3.05, 3.63) is 89.5 Å². The standard InChI is InChI=1S/C27H27NO2S/c1-27(28-15-17-30-18-16-28,26(29)19-11-13-20(31-2)14-12-19)25-23-9-5-3-7-21(23)22-8-4-6-10-24(22)25/h3-14,25H,15-18H2,1-2H3. The van der Waals surface area contributed by atoms with Crippen molar-refractivity contribution in [2.75, 3.05) is 32.6 Å². The molecule has 0 amide bonds. The van der Waals surface area contributed by atoms with E-state index in [1.807, 2.05) is 24.3 Å². The third kappa shape index (κ3) is 3.34. The minimum absolute atomic E-state index is 0.0225. The summed E-state index contributed by atoms with van der Waals surface area (Å²) in [6.07, 6.45) is 2.06. The molecule has 0 bridgehead atoms. The number of rotatable bonds is 5. The van der Waals surface area contributed by atoms with E-state index in [0.29, 0.717) is 13.2 Å². The summed E-state index contributed by atoms with van der Waals surface area (Å²) in [6.45, 7) is 4.97. The van der Waals surface area contributed by atoms with Crippen LogP contribution >= 0.6 is 11.8 Å². The first kappa shape index (κ1) is 20.5. The topological polar surface area (TPSA) is 29.5 Å². The van der Waals surface area contributed by atoms with Gasteiger partial charge in [0.1, 0.15) is 0 Å². The molecule has 158 valence electrons. The summed E-state index contributed by atoms with van der Waals surface area (Å²) in [4.78, 5) is 17.8. The summed E-state index contributed by atoms with van der Waals surface area (Å²) < 4.78 is 5.66. The molecule has 1 aliphatic heterocycles. The van der Waals surface area contributed by atoms with Gasteiger partial charge in [-0.3, -0.25) is 9.69 Å². The molecule has 1 heterocycles. The predicted octanol–water partition coefficient (Wildman–Crippen LogP) is 5.49. The van der Waals surface area contributed by atoms with E-state index in [0.717, 1.165) is 18.7 Å². The zero-order chi connectivity index (χ0) is 21.4. The highest BCUT2D eigenvalue weighted by atomic mass is 32.2. The van der Waals surface area contributed by atoms with E-state index in [1.54, 1.807) is 11.8 Å². The van der Waals surface area contributed by atoms with Gasteiger partial charge in [-0.2, -0.15) is 0 Å². The number of fused-ring (bicyclic) bond motifs is 3. The maximum absolute atomic E-state index is 14.3. The smallest absolute Gasteiger partial charge is 0.183 e. The van der Waals surface area contributed by atoms with E-state index in [4.69, 9.17) is 4.74 Å². The minimum atomic E-state index is -0.701. The second-order valence-corrected chi connectivity index (χ2v) is 9.29. The molecule has 0 saturated carbocycles. The molecule has 3 nitrogen and oxygen atoms in total. The van der Waals surface area contributed by atoms with Gasteiger partial charge < -0.3 is 4.74 Å². The van der Waals surface area contributed by atoms with Crippen molar-refractivity contribution >= 4 is 17.5 Å². The van der Waals surface area contributed by atoms with Crippen molar-refractivity contribution in [2.45, 2.75) is 23.3 Å². The van der Waals surface area contributed by atoms with Crippen LogP contribution in [0.3, 0.4) is 0 Å². The number of benzene rings is 3. The second kappa shape index (κ2) is 8.27. The molecule has 0 radical (unpaired) electrons. The first-order chi connectivity index (χ1) is 15.1. The van der Waals surface area contributed by atoms with Crippen molar-refractivity contribution in [1.82, 2.24) is 4.90 Å². The Bertz CT molecular complexity index is 1060. The fourth-order valence-electron chi connectivity index (χ4n) is 5.28. The fraction of sp³-hybridized carbons (Fsp3) is 0.296. The van der Waals surface area contributed by atoms with Gasteiger partial charge in [0.15, 0.2) is 5.78 Å². The van der Waals surface area contributed by atoms with Crippen LogP contribution in [0.2, 0.25) is 0 Å². The minimum Gasteiger partial charge on any atom is -0.379 e. The highest BCUT2D eigenvalue weighted by Crippen LogP contribution is 2.52. The van der Waals surface area contributed by atoms with E-state index in [1.165, 1.54) is 27.1 Å². The first-order valence-corrected chi connectivity index (χ1v) is 12.1. The molecule has 1 aliphatic carbocycles. The molecule has 1 atom stereocenters. The van der Waals surface area contributed by atoms with Gasteiger partial charge in [0.2, 0.25) is 0 Å². The number of hydrogen-bond donors (Lipinski definition) is 0. The Morgan fingerprint density at radius 1 is 0.903 bits per heavy atom. The second-order valence-electron chi connectivity index (χ2n) is 8.41. The van der Waals surface area contributed by atoms with Gasteiger partial charge >= 0.3 is 0 Å². The molecular weight excluding hydrogens is 402 g/mol. The summed E-state index contributed by atoms with van der Waals surface area (Å²) in [7, 11) is 0. The van der Waals surface area contributed by atoms with Crippen LogP contribution < -0.4 is 0 Å². The Labute approximate surface area is 188 Å².